The third kappa shape index (κ3) is 9.23. The molecule has 0 saturated carbocycles. The molecular weight excluding hydrogens is 596 g/mol. The van der Waals surface area contributed by atoms with E-state index in [1.807, 2.05) is 11.4 Å². The molecule has 0 unspecified atom stereocenters. The van der Waals surface area contributed by atoms with Crippen LogP contribution in [-0.4, -0.2) is 45.6 Å². The second-order valence-corrected chi connectivity index (χ2v) is 14.4. The molecule has 0 saturated heterocycles. The Hall–Kier alpha value is -0.986. The summed E-state index contributed by atoms with van der Waals surface area (Å²) in [5, 5.41) is 0. The third-order valence-electron chi connectivity index (χ3n) is 6.00. The number of nitrogens with zero attached hydrogens (tertiary/aromatic N) is 2. The number of rotatable bonds is 15. The topological polar surface area (TPSA) is 44.7 Å². The normalized spacial score (nSPS) is 11.3. The van der Waals surface area contributed by atoms with Gasteiger partial charge in [-0.25, -0.2) is 9.13 Å². The van der Waals surface area contributed by atoms with E-state index >= 15 is 0 Å². The summed E-state index contributed by atoms with van der Waals surface area (Å²) in [6.07, 6.45) is 10.5. The quantitative estimate of drug-likeness (QED) is 0.163. The lowest BCUT2D eigenvalue weighted by molar-refractivity contribution is -0.697. The second kappa shape index (κ2) is 16.6. The average molecular weight is 635 g/mol. The monoisotopic (exact) mass is 632 g/mol. The molecule has 0 spiro atoms. The molecule has 6 nitrogen and oxygen atoms in total. The first-order valence-corrected chi connectivity index (χ1v) is 15.2. The maximum absolute atomic E-state index is 5.59. The van der Waals surface area contributed by atoms with Crippen LogP contribution in [0.3, 0.4) is 0 Å². The lowest BCUT2D eigenvalue weighted by atomic mass is 10.1. The number of aryl methyl sites for hydroxylation is 2. The fourth-order valence-corrected chi connectivity index (χ4v) is 7.25. The molecule has 10 heteroatoms. The molecular formula is C24H38Br2N2O4Si2. The van der Waals surface area contributed by atoms with Crippen LogP contribution in [0.2, 0.25) is 12.1 Å². The molecule has 2 heterocycles. The molecule has 2 aromatic rings. The van der Waals surface area contributed by atoms with Crippen LogP contribution < -0.4 is 43.1 Å². The minimum absolute atomic E-state index is 0. The van der Waals surface area contributed by atoms with Gasteiger partial charge in [-0.3, -0.25) is 0 Å². The van der Waals surface area contributed by atoms with Crippen molar-refractivity contribution in [2.45, 2.75) is 38.0 Å². The molecule has 0 fully saturated rings. The smallest absolute Gasteiger partial charge is 0.364 e. The summed E-state index contributed by atoms with van der Waals surface area (Å²) in [6, 6.07) is 10.4. The summed E-state index contributed by atoms with van der Waals surface area (Å²) in [7, 11) is 2.36. The Labute approximate surface area is 228 Å². The Bertz CT molecular complexity index is 776. The van der Waals surface area contributed by atoms with E-state index in [-0.39, 0.29) is 34.0 Å². The van der Waals surface area contributed by atoms with Crippen LogP contribution in [0.25, 0.3) is 11.1 Å². The van der Waals surface area contributed by atoms with Gasteiger partial charge in [-0.05, 0) is 22.5 Å². The van der Waals surface area contributed by atoms with Gasteiger partial charge >= 0.3 is 17.1 Å². The van der Waals surface area contributed by atoms with Gasteiger partial charge in [-0.1, -0.05) is 0 Å². The Balaban J connectivity index is 0.00000544. The standard InChI is InChI=1S/C24H38N2O4Si2.2BrH/c1-7-31(27-3,28-4)21-9-15-25-17-11-23(12-18-25)24-13-19-26(20-14-24)16-10-22-32(8-2,29-5)30-6;;/h7-8,11-14,17-20H,1-2,9-10,15-16,21-22H2,3-6H3;2*1H/q+2;;/p-2. The van der Waals surface area contributed by atoms with Crippen molar-refractivity contribution in [2.75, 3.05) is 28.4 Å². The van der Waals surface area contributed by atoms with E-state index in [0.29, 0.717) is 0 Å². The van der Waals surface area contributed by atoms with Crippen LogP contribution >= 0.6 is 0 Å². The molecule has 2 rings (SSSR count). The van der Waals surface area contributed by atoms with Crippen LogP contribution in [-0.2, 0) is 30.8 Å². The van der Waals surface area contributed by atoms with E-state index in [4.69, 9.17) is 17.7 Å². The minimum Gasteiger partial charge on any atom is -1.00 e. The molecule has 0 bridgehead atoms. The van der Waals surface area contributed by atoms with Crippen LogP contribution in [0.15, 0.2) is 73.6 Å². The van der Waals surface area contributed by atoms with Gasteiger partial charge in [0, 0.05) is 77.6 Å². The van der Waals surface area contributed by atoms with E-state index in [9.17, 15) is 0 Å². The molecule has 0 aromatic carbocycles. The van der Waals surface area contributed by atoms with Crippen molar-refractivity contribution >= 4 is 17.1 Å². The van der Waals surface area contributed by atoms with Crippen molar-refractivity contribution in [3.05, 3.63) is 73.6 Å². The third-order valence-corrected chi connectivity index (χ3v) is 12.1. The first kappa shape index (κ1) is 33.0. The molecule has 0 aliphatic heterocycles. The van der Waals surface area contributed by atoms with Gasteiger partial charge in [-0.15, -0.1) is 13.2 Å². The Morgan fingerprint density at radius 1 is 0.647 bits per heavy atom. The summed E-state index contributed by atoms with van der Waals surface area (Å²) in [6.45, 7) is 9.60. The molecule has 0 N–H and O–H groups in total. The maximum atomic E-state index is 5.59. The van der Waals surface area contributed by atoms with Gasteiger partial charge in [0.25, 0.3) is 0 Å². The van der Waals surface area contributed by atoms with Crippen LogP contribution in [0, 0.1) is 0 Å². The summed E-state index contributed by atoms with van der Waals surface area (Å²) in [5.41, 5.74) is 6.12. The highest BCUT2D eigenvalue weighted by Gasteiger charge is 2.32. The molecule has 0 amide bonds. The van der Waals surface area contributed by atoms with E-state index in [2.05, 4.69) is 71.3 Å². The highest BCUT2D eigenvalue weighted by molar-refractivity contribution is 6.72. The van der Waals surface area contributed by atoms with E-state index in [0.717, 1.165) is 38.0 Å². The zero-order valence-corrected chi connectivity index (χ0v) is 25.9. The minimum atomic E-state index is -2.24. The number of aromatic nitrogens is 2. The van der Waals surface area contributed by atoms with Crippen LogP contribution in [0.4, 0.5) is 0 Å². The summed E-state index contributed by atoms with van der Waals surface area (Å²) >= 11 is 0. The Kier molecular flexibility index (Phi) is 16.2. The fourth-order valence-electron chi connectivity index (χ4n) is 3.73. The number of halogens is 2. The van der Waals surface area contributed by atoms with Crippen molar-refractivity contribution in [1.82, 2.24) is 0 Å². The summed E-state index contributed by atoms with van der Waals surface area (Å²) in [4.78, 5) is 0. The largest absolute Gasteiger partial charge is 1.00 e. The summed E-state index contributed by atoms with van der Waals surface area (Å²) < 4.78 is 26.8. The van der Waals surface area contributed by atoms with E-state index < -0.39 is 17.1 Å². The first-order chi connectivity index (χ1) is 15.5. The van der Waals surface area contributed by atoms with E-state index in [1.165, 1.54) is 11.1 Å². The zero-order chi connectivity index (χ0) is 23.5. The first-order valence-electron chi connectivity index (χ1n) is 11.0. The van der Waals surface area contributed by atoms with E-state index in [1.54, 1.807) is 28.4 Å². The van der Waals surface area contributed by atoms with Crippen molar-refractivity contribution < 1.29 is 60.8 Å². The molecule has 0 atom stereocenters. The van der Waals surface area contributed by atoms with Gasteiger partial charge < -0.3 is 51.7 Å². The summed E-state index contributed by atoms with van der Waals surface area (Å²) in [5.74, 6) is 0. The predicted octanol–water partition coefficient (Wildman–Crippen LogP) is -2.36. The van der Waals surface area contributed by atoms with Crippen molar-refractivity contribution in [3.63, 3.8) is 0 Å². The van der Waals surface area contributed by atoms with Crippen molar-refractivity contribution in [3.8, 4) is 11.1 Å². The van der Waals surface area contributed by atoms with Crippen molar-refractivity contribution in [1.29, 1.82) is 0 Å². The Morgan fingerprint density at radius 3 is 1.18 bits per heavy atom. The van der Waals surface area contributed by atoms with Gasteiger partial charge in [0.1, 0.15) is 13.1 Å². The van der Waals surface area contributed by atoms with Crippen LogP contribution in [0.1, 0.15) is 12.8 Å². The lowest BCUT2D eigenvalue weighted by Crippen LogP contribution is -3.00. The predicted molar refractivity (Wildman–Crippen MR) is 131 cm³/mol. The second-order valence-electron chi connectivity index (χ2n) is 7.70. The SMILES string of the molecule is C=C[Si](CCC[n+]1ccc(-c2cc[n+](CCC[Si](C=C)(OC)OC)cc2)cc1)(OC)OC.[Br-].[Br-]. The highest BCUT2D eigenvalue weighted by Crippen LogP contribution is 2.18. The molecule has 190 valence electrons. The fraction of sp³-hybridized carbons (Fsp3) is 0.417. The number of hydrogen-bond acceptors (Lipinski definition) is 4. The molecule has 0 aliphatic carbocycles. The number of pyridine rings is 2. The zero-order valence-electron chi connectivity index (χ0n) is 20.7. The maximum Gasteiger partial charge on any atom is 0.364 e. The van der Waals surface area contributed by atoms with Gasteiger partial charge in [0.15, 0.2) is 24.8 Å². The van der Waals surface area contributed by atoms with Gasteiger partial charge in [0.05, 0.1) is 0 Å². The molecule has 34 heavy (non-hydrogen) atoms. The molecule has 2 aromatic heterocycles. The lowest BCUT2D eigenvalue weighted by Gasteiger charge is -2.22. The van der Waals surface area contributed by atoms with Crippen LogP contribution in [0.5, 0.6) is 0 Å². The molecule has 0 aliphatic rings. The molecule has 0 radical (unpaired) electrons. The van der Waals surface area contributed by atoms with Crippen molar-refractivity contribution in [2.24, 2.45) is 0 Å². The van der Waals surface area contributed by atoms with Gasteiger partial charge in [0.2, 0.25) is 0 Å². The average Bonchev–Trinajstić information content (AvgIpc) is 2.86. The Morgan fingerprint density at radius 2 is 0.941 bits per heavy atom. The highest BCUT2D eigenvalue weighted by atomic mass is 79.9. The van der Waals surface area contributed by atoms with Gasteiger partial charge in [-0.2, -0.15) is 0 Å². The number of hydrogen-bond donors (Lipinski definition) is 0.